The third-order valence-electron chi connectivity index (χ3n) is 4.58. The van der Waals surface area contributed by atoms with Crippen molar-refractivity contribution >= 4 is 11.6 Å². The quantitative estimate of drug-likeness (QED) is 0.890. The van der Waals surface area contributed by atoms with Crippen molar-refractivity contribution in [3.05, 3.63) is 29.8 Å². The number of hydrogen-bond acceptors (Lipinski definition) is 4. The van der Waals surface area contributed by atoms with Crippen LogP contribution in [0, 0.1) is 0 Å². The Morgan fingerprint density at radius 3 is 2.45 bits per heavy atom. The number of rotatable bonds is 4. The number of carbonyl (C=O) groups excluding carboxylic acids is 1. The van der Waals surface area contributed by atoms with Crippen LogP contribution in [-0.2, 0) is 16.1 Å². The highest BCUT2D eigenvalue weighted by Gasteiger charge is 2.38. The minimum absolute atomic E-state index is 0.272. The van der Waals surface area contributed by atoms with Gasteiger partial charge < -0.3 is 15.2 Å². The summed E-state index contributed by atoms with van der Waals surface area (Å²) in [6.07, 6.45) is 2.96. The summed E-state index contributed by atoms with van der Waals surface area (Å²) in [6.45, 7) is 4.43. The number of hydrogen-bond donors (Lipinski definition) is 2. The van der Waals surface area contributed by atoms with E-state index < -0.39 is 5.60 Å². The number of nitrogens with one attached hydrogen (secondary N) is 1. The van der Waals surface area contributed by atoms with Crippen LogP contribution in [-0.4, -0.2) is 47.8 Å². The lowest BCUT2D eigenvalue weighted by atomic mass is 10.0. The molecule has 3 rings (SSSR count). The van der Waals surface area contributed by atoms with Gasteiger partial charge in [0, 0.05) is 25.3 Å². The summed E-state index contributed by atoms with van der Waals surface area (Å²) in [5, 5.41) is 13.1. The Bertz CT molecular complexity index is 503. The number of anilines is 1. The molecule has 0 radical (unpaired) electrons. The number of morpholine rings is 1. The average molecular weight is 304 g/mol. The highest BCUT2D eigenvalue weighted by molar-refractivity contribution is 5.97. The van der Waals surface area contributed by atoms with Crippen molar-refractivity contribution in [3.8, 4) is 0 Å². The molecule has 1 heterocycles. The van der Waals surface area contributed by atoms with Gasteiger partial charge in [0.15, 0.2) is 0 Å². The third-order valence-corrected chi connectivity index (χ3v) is 4.58. The van der Waals surface area contributed by atoms with E-state index in [-0.39, 0.29) is 5.91 Å². The summed E-state index contributed by atoms with van der Waals surface area (Å²) >= 11 is 0. The molecule has 22 heavy (non-hydrogen) atoms. The zero-order valence-corrected chi connectivity index (χ0v) is 12.9. The molecule has 0 bridgehead atoms. The van der Waals surface area contributed by atoms with Crippen LogP contribution in [0.25, 0.3) is 0 Å². The average Bonchev–Trinajstić information content (AvgIpc) is 2.98. The van der Waals surface area contributed by atoms with Gasteiger partial charge in [-0.05, 0) is 43.4 Å². The van der Waals surface area contributed by atoms with Crippen molar-refractivity contribution in [1.82, 2.24) is 4.90 Å². The molecule has 120 valence electrons. The molecule has 1 aromatic carbocycles. The van der Waals surface area contributed by atoms with Gasteiger partial charge in [-0.2, -0.15) is 0 Å². The molecule has 1 aliphatic heterocycles. The van der Waals surface area contributed by atoms with Crippen molar-refractivity contribution in [3.63, 3.8) is 0 Å². The molecule has 0 atom stereocenters. The summed E-state index contributed by atoms with van der Waals surface area (Å²) < 4.78 is 5.35. The molecule has 2 N–H and O–H groups in total. The molecule has 1 amide bonds. The van der Waals surface area contributed by atoms with Crippen LogP contribution in [0.5, 0.6) is 0 Å². The second kappa shape index (κ2) is 6.77. The topological polar surface area (TPSA) is 61.8 Å². The monoisotopic (exact) mass is 304 g/mol. The van der Waals surface area contributed by atoms with Crippen molar-refractivity contribution in [2.45, 2.75) is 37.8 Å². The van der Waals surface area contributed by atoms with Crippen molar-refractivity contribution in [2.75, 3.05) is 31.6 Å². The van der Waals surface area contributed by atoms with Crippen molar-refractivity contribution < 1.29 is 14.6 Å². The van der Waals surface area contributed by atoms with Gasteiger partial charge in [0.2, 0.25) is 0 Å². The van der Waals surface area contributed by atoms with Crippen LogP contribution in [0.2, 0.25) is 0 Å². The van der Waals surface area contributed by atoms with Gasteiger partial charge in [0.1, 0.15) is 5.60 Å². The van der Waals surface area contributed by atoms with Gasteiger partial charge in [-0.15, -0.1) is 0 Å². The fourth-order valence-corrected chi connectivity index (χ4v) is 3.15. The number of carbonyl (C=O) groups is 1. The second-order valence-electron chi connectivity index (χ2n) is 6.28. The Morgan fingerprint density at radius 2 is 1.82 bits per heavy atom. The minimum Gasteiger partial charge on any atom is -0.380 e. The van der Waals surface area contributed by atoms with E-state index in [1.807, 2.05) is 24.3 Å². The fourth-order valence-electron chi connectivity index (χ4n) is 3.15. The zero-order chi connectivity index (χ0) is 15.4. The van der Waals surface area contributed by atoms with Crippen LogP contribution in [0.15, 0.2) is 24.3 Å². The predicted molar refractivity (Wildman–Crippen MR) is 84.6 cm³/mol. The molecule has 5 heteroatoms. The molecule has 2 fully saturated rings. The molecular weight excluding hydrogens is 280 g/mol. The van der Waals surface area contributed by atoms with E-state index in [0.717, 1.165) is 51.4 Å². The standard InChI is InChI=1S/C17H24N2O3/c20-16(17(21)7-1-2-8-17)18-15-5-3-14(4-6-15)13-19-9-11-22-12-10-19/h3-6,21H,1-2,7-13H2,(H,18,20). The lowest BCUT2D eigenvalue weighted by Gasteiger charge is -2.26. The first-order valence-electron chi connectivity index (χ1n) is 8.09. The Hall–Kier alpha value is -1.43. The number of benzene rings is 1. The number of amides is 1. The second-order valence-corrected chi connectivity index (χ2v) is 6.28. The largest absolute Gasteiger partial charge is 0.380 e. The summed E-state index contributed by atoms with van der Waals surface area (Å²) in [5.41, 5.74) is 0.794. The van der Waals surface area contributed by atoms with Crippen molar-refractivity contribution in [2.24, 2.45) is 0 Å². The maximum atomic E-state index is 12.2. The first-order valence-corrected chi connectivity index (χ1v) is 8.09. The summed E-state index contributed by atoms with van der Waals surface area (Å²) in [6, 6.07) is 7.88. The Balaban J connectivity index is 1.55. The molecule has 0 unspecified atom stereocenters. The lowest BCUT2D eigenvalue weighted by molar-refractivity contribution is -0.133. The lowest BCUT2D eigenvalue weighted by Crippen LogP contribution is -2.40. The van der Waals surface area contributed by atoms with Gasteiger partial charge in [0.25, 0.3) is 5.91 Å². The van der Waals surface area contributed by atoms with Gasteiger partial charge >= 0.3 is 0 Å². The molecule has 1 saturated carbocycles. The normalized spacial score (nSPS) is 21.7. The summed E-state index contributed by atoms with van der Waals surface area (Å²) in [4.78, 5) is 14.5. The molecular formula is C17H24N2O3. The maximum absolute atomic E-state index is 12.2. The molecule has 5 nitrogen and oxygen atoms in total. The maximum Gasteiger partial charge on any atom is 0.256 e. The number of aliphatic hydroxyl groups is 1. The molecule has 1 saturated heterocycles. The highest BCUT2D eigenvalue weighted by Crippen LogP contribution is 2.30. The van der Waals surface area contributed by atoms with E-state index in [2.05, 4.69) is 10.2 Å². The first kappa shape index (κ1) is 15.5. The molecule has 0 aromatic heterocycles. The fraction of sp³-hybridized carbons (Fsp3) is 0.588. The van der Waals surface area contributed by atoms with Gasteiger partial charge in [-0.1, -0.05) is 12.1 Å². The van der Waals surface area contributed by atoms with Gasteiger partial charge in [-0.25, -0.2) is 0 Å². The summed E-state index contributed by atoms with van der Waals surface area (Å²) in [7, 11) is 0. The van der Waals surface area contributed by atoms with E-state index in [0.29, 0.717) is 12.8 Å². The van der Waals surface area contributed by atoms with Crippen LogP contribution in [0.1, 0.15) is 31.2 Å². The van der Waals surface area contributed by atoms with Gasteiger partial charge in [-0.3, -0.25) is 9.69 Å². The summed E-state index contributed by atoms with van der Waals surface area (Å²) in [5.74, 6) is -0.272. The molecule has 1 aromatic rings. The Morgan fingerprint density at radius 1 is 1.18 bits per heavy atom. The van der Waals surface area contributed by atoms with E-state index >= 15 is 0 Å². The smallest absolute Gasteiger partial charge is 0.256 e. The molecule has 1 aliphatic carbocycles. The third kappa shape index (κ3) is 3.66. The highest BCUT2D eigenvalue weighted by atomic mass is 16.5. The van der Waals surface area contributed by atoms with Gasteiger partial charge in [0.05, 0.1) is 13.2 Å². The molecule has 2 aliphatic rings. The number of nitrogens with zero attached hydrogens (tertiary/aromatic N) is 1. The van der Waals surface area contributed by atoms with Crippen molar-refractivity contribution in [1.29, 1.82) is 0 Å². The van der Waals surface area contributed by atoms with E-state index in [1.54, 1.807) is 0 Å². The SMILES string of the molecule is O=C(Nc1ccc(CN2CCOCC2)cc1)C1(O)CCCC1. The van der Waals surface area contributed by atoms with E-state index in [9.17, 15) is 9.90 Å². The van der Waals surface area contributed by atoms with Crippen LogP contribution in [0.4, 0.5) is 5.69 Å². The van der Waals surface area contributed by atoms with Crippen LogP contribution >= 0.6 is 0 Å². The number of ether oxygens (including phenoxy) is 1. The predicted octanol–water partition coefficient (Wildman–Crippen LogP) is 1.76. The minimum atomic E-state index is -1.17. The Kier molecular flexibility index (Phi) is 4.76. The first-order chi connectivity index (χ1) is 10.7. The molecule has 0 spiro atoms. The zero-order valence-electron chi connectivity index (χ0n) is 12.9. The van der Waals surface area contributed by atoms with E-state index in [4.69, 9.17) is 4.74 Å². The van der Waals surface area contributed by atoms with E-state index in [1.165, 1.54) is 5.56 Å². The Labute approximate surface area is 131 Å². The van der Waals surface area contributed by atoms with Crippen LogP contribution in [0.3, 0.4) is 0 Å². The van der Waals surface area contributed by atoms with Crippen LogP contribution < -0.4 is 5.32 Å².